The van der Waals surface area contributed by atoms with Gasteiger partial charge in [-0.2, -0.15) is 5.10 Å². The SMILES string of the molecule is Cc1cc(/C=N/NC(=O)CC(=O)NCc2cccnc2)c(C)n1-c1ccc(Cl)c(Cl)c1. The second-order valence-corrected chi connectivity index (χ2v) is 7.68. The quantitative estimate of drug-likeness (QED) is 0.319. The van der Waals surface area contributed by atoms with Crippen LogP contribution in [-0.2, 0) is 16.1 Å². The number of carbonyl (C=O) groups excluding carboxylic acids is 2. The molecule has 0 fully saturated rings. The van der Waals surface area contributed by atoms with Crippen LogP contribution in [-0.4, -0.2) is 27.6 Å². The Morgan fingerprint density at radius 3 is 2.65 bits per heavy atom. The van der Waals surface area contributed by atoms with Gasteiger partial charge < -0.3 is 9.88 Å². The van der Waals surface area contributed by atoms with Gasteiger partial charge >= 0.3 is 0 Å². The average molecular weight is 458 g/mol. The summed E-state index contributed by atoms with van der Waals surface area (Å²) in [4.78, 5) is 27.8. The van der Waals surface area contributed by atoms with Crippen LogP contribution >= 0.6 is 23.2 Å². The van der Waals surface area contributed by atoms with Crippen molar-refractivity contribution >= 4 is 41.2 Å². The minimum absolute atomic E-state index is 0.309. The van der Waals surface area contributed by atoms with Gasteiger partial charge in [0.2, 0.25) is 11.8 Å². The van der Waals surface area contributed by atoms with E-state index in [1.54, 1.807) is 36.8 Å². The molecule has 0 atom stereocenters. The standard InChI is InChI=1S/C22H21Cl2N5O2/c1-14-8-17(15(2)29(14)18-5-6-19(23)20(24)9-18)13-27-28-22(31)10-21(30)26-12-16-4-3-7-25-11-16/h3-9,11,13H,10,12H2,1-2H3,(H,26,30)(H,28,31)/b27-13+. The first kappa shape index (κ1) is 22.5. The molecule has 0 aliphatic rings. The molecule has 2 N–H and O–H groups in total. The van der Waals surface area contributed by atoms with Gasteiger partial charge in [0.15, 0.2) is 0 Å². The number of aryl methyl sites for hydroxylation is 1. The summed E-state index contributed by atoms with van der Waals surface area (Å²) in [5.74, 6) is -0.896. The lowest BCUT2D eigenvalue weighted by atomic mass is 10.2. The number of benzene rings is 1. The number of hydrogen-bond donors (Lipinski definition) is 2. The Hall–Kier alpha value is -3.16. The summed E-state index contributed by atoms with van der Waals surface area (Å²) in [7, 11) is 0. The number of aromatic nitrogens is 2. The molecular weight excluding hydrogens is 437 g/mol. The number of halogens is 2. The Kier molecular flexibility index (Phi) is 7.44. The Labute approximate surface area is 190 Å². The Bertz CT molecular complexity index is 1130. The fourth-order valence-electron chi connectivity index (χ4n) is 3.06. The van der Waals surface area contributed by atoms with E-state index in [4.69, 9.17) is 23.2 Å². The number of rotatable bonds is 7. The average Bonchev–Trinajstić information content (AvgIpc) is 3.02. The van der Waals surface area contributed by atoms with Crippen molar-refractivity contribution in [3.8, 4) is 5.69 Å². The van der Waals surface area contributed by atoms with Crippen molar-refractivity contribution in [2.45, 2.75) is 26.8 Å². The van der Waals surface area contributed by atoms with E-state index in [9.17, 15) is 9.59 Å². The first-order valence-electron chi connectivity index (χ1n) is 9.47. The molecule has 0 bridgehead atoms. The fraction of sp³-hybridized carbons (Fsp3) is 0.182. The maximum absolute atomic E-state index is 12.0. The minimum Gasteiger partial charge on any atom is -0.352 e. The first-order chi connectivity index (χ1) is 14.8. The number of pyridine rings is 1. The highest BCUT2D eigenvalue weighted by Crippen LogP contribution is 2.27. The summed E-state index contributed by atoms with van der Waals surface area (Å²) in [6.07, 6.45) is 4.53. The maximum atomic E-state index is 12.0. The summed E-state index contributed by atoms with van der Waals surface area (Å²) in [6.45, 7) is 4.20. The van der Waals surface area contributed by atoms with E-state index < -0.39 is 11.8 Å². The molecule has 160 valence electrons. The number of hydrazone groups is 1. The van der Waals surface area contributed by atoms with Crippen molar-refractivity contribution in [1.29, 1.82) is 0 Å². The normalized spacial score (nSPS) is 11.0. The molecule has 0 saturated carbocycles. The van der Waals surface area contributed by atoms with E-state index in [0.29, 0.717) is 16.6 Å². The zero-order valence-electron chi connectivity index (χ0n) is 17.0. The van der Waals surface area contributed by atoms with Gasteiger partial charge in [0.05, 0.1) is 16.3 Å². The van der Waals surface area contributed by atoms with Crippen LogP contribution in [0.3, 0.4) is 0 Å². The Morgan fingerprint density at radius 1 is 1.13 bits per heavy atom. The van der Waals surface area contributed by atoms with Crippen molar-refractivity contribution in [1.82, 2.24) is 20.3 Å². The van der Waals surface area contributed by atoms with Gasteiger partial charge in [0, 0.05) is 41.6 Å². The van der Waals surface area contributed by atoms with Crippen LogP contribution in [0.2, 0.25) is 10.0 Å². The third-order valence-electron chi connectivity index (χ3n) is 4.56. The molecule has 0 unspecified atom stereocenters. The first-order valence-corrected chi connectivity index (χ1v) is 10.2. The van der Waals surface area contributed by atoms with Crippen LogP contribution in [0, 0.1) is 13.8 Å². The molecule has 7 nitrogen and oxygen atoms in total. The highest BCUT2D eigenvalue weighted by molar-refractivity contribution is 6.42. The lowest BCUT2D eigenvalue weighted by Crippen LogP contribution is -2.29. The van der Waals surface area contributed by atoms with Crippen LogP contribution in [0.5, 0.6) is 0 Å². The van der Waals surface area contributed by atoms with Crippen molar-refractivity contribution < 1.29 is 9.59 Å². The molecule has 9 heteroatoms. The maximum Gasteiger partial charge on any atom is 0.249 e. The van der Waals surface area contributed by atoms with Crippen LogP contribution < -0.4 is 10.7 Å². The van der Waals surface area contributed by atoms with Crippen molar-refractivity contribution in [2.75, 3.05) is 0 Å². The number of hydrogen-bond acceptors (Lipinski definition) is 4. The summed E-state index contributed by atoms with van der Waals surface area (Å²) in [5.41, 5.74) is 6.82. The predicted molar refractivity (Wildman–Crippen MR) is 122 cm³/mol. The van der Waals surface area contributed by atoms with E-state index in [0.717, 1.165) is 28.2 Å². The highest BCUT2D eigenvalue weighted by atomic mass is 35.5. The van der Waals surface area contributed by atoms with Gasteiger partial charge in [0.25, 0.3) is 0 Å². The molecule has 0 radical (unpaired) electrons. The molecule has 2 aromatic heterocycles. The van der Waals surface area contributed by atoms with E-state index in [1.807, 2.05) is 36.6 Å². The molecular formula is C22H21Cl2N5O2. The van der Waals surface area contributed by atoms with Gasteiger partial charge in [0.1, 0.15) is 6.42 Å². The van der Waals surface area contributed by atoms with Gasteiger partial charge in [-0.15, -0.1) is 0 Å². The van der Waals surface area contributed by atoms with Crippen LogP contribution in [0.1, 0.15) is 28.9 Å². The summed E-state index contributed by atoms with van der Waals surface area (Å²) >= 11 is 12.1. The molecule has 1 aromatic carbocycles. The number of carbonyl (C=O) groups is 2. The molecule has 2 heterocycles. The molecule has 0 saturated heterocycles. The van der Waals surface area contributed by atoms with Crippen LogP contribution in [0.25, 0.3) is 5.69 Å². The largest absolute Gasteiger partial charge is 0.352 e. The van der Waals surface area contributed by atoms with Crippen molar-refractivity contribution in [3.63, 3.8) is 0 Å². The third-order valence-corrected chi connectivity index (χ3v) is 5.30. The predicted octanol–water partition coefficient (Wildman–Crippen LogP) is 3.95. The molecule has 0 aliphatic carbocycles. The Morgan fingerprint density at radius 2 is 1.94 bits per heavy atom. The van der Waals surface area contributed by atoms with E-state index >= 15 is 0 Å². The molecule has 3 rings (SSSR count). The van der Waals surface area contributed by atoms with Gasteiger partial charge in [-0.05, 0) is 49.7 Å². The van der Waals surface area contributed by atoms with Gasteiger partial charge in [-0.3, -0.25) is 14.6 Å². The van der Waals surface area contributed by atoms with Crippen LogP contribution in [0.15, 0.2) is 53.9 Å². The van der Waals surface area contributed by atoms with Gasteiger partial charge in [-0.1, -0.05) is 29.3 Å². The zero-order chi connectivity index (χ0) is 22.4. The van der Waals surface area contributed by atoms with E-state index in [-0.39, 0.29) is 6.42 Å². The highest BCUT2D eigenvalue weighted by Gasteiger charge is 2.12. The topological polar surface area (TPSA) is 88.4 Å². The second-order valence-electron chi connectivity index (χ2n) is 6.87. The van der Waals surface area contributed by atoms with Crippen LogP contribution in [0.4, 0.5) is 0 Å². The molecule has 0 aliphatic heterocycles. The zero-order valence-corrected chi connectivity index (χ0v) is 18.5. The lowest BCUT2D eigenvalue weighted by Gasteiger charge is -2.10. The molecule has 31 heavy (non-hydrogen) atoms. The van der Waals surface area contributed by atoms with Crippen molar-refractivity contribution in [2.24, 2.45) is 5.10 Å². The molecule has 3 aromatic rings. The third kappa shape index (κ3) is 5.93. The number of amides is 2. The monoisotopic (exact) mass is 457 g/mol. The summed E-state index contributed by atoms with van der Waals surface area (Å²) in [5, 5.41) is 7.60. The minimum atomic E-state index is -0.502. The summed E-state index contributed by atoms with van der Waals surface area (Å²) in [6, 6.07) is 11.0. The summed E-state index contributed by atoms with van der Waals surface area (Å²) < 4.78 is 2.01. The molecule has 0 spiro atoms. The number of nitrogens with one attached hydrogen (secondary N) is 2. The smallest absolute Gasteiger partial charge is 0.249 e. The molecule has 2 amide bonds. The van der Waals surface area contributed by atoms with Gasteiger partial charge in [-0.25, -0.2) is 5.43 Å². The van der Waals surface area contributed by atoms with E-state index in [1.165, 1.54) is 0 Å². The number of nitrogens with zero attached hydrogens (tertiary/aromatic N) is 3. The van der Waals surface area contributed by atoms with Crippen molar-refractivity contribution in [3.05, 3.63) is 81.4 Å². The lowest BCUT2D eigenvalue weighted by molar-refractivity contribution is -0.129. The fourth-order valence-corrected chi connectivity index (χ4v) is 3.36. The Balaban J connectivity index is 1.57. The second kappa shape index (κ2) is 10.2. The van der Waals surface area contributed by atoms with E-state index in [2.05, 4.69) is 20.8 Å².